The topological polar surface area (TPSA) is 125 Å². The van der Waals surface area contributed by atoms with Gasteiger partial charge in [0.05, 0.1) is 39.9 Å². The van der Waals surface area contributed by atoms with Crippen LogP contribution >= 0.6 is 0 Å². The fourth-order valence-corrected chi connectivity index (χ4v) is 3.93. The van der Waals surface area contributed by atoms with Gasteiger partial charge in [-0.2, -0.15) is 21.6 Å². The van der Waals surface area contributed by atoms with Crippen molar-refractivity contribution in [3.63, 3.8) is 0 Å². The largest absolute Gasteiger partial charge is 0.534 e. The lowest BCUT2D eigenvalue weighted by atomic mass is 9.49. The van der Waals surface area contributed by atoms with E-state index in [9.17, 15) is 21.6 Å². The second-order valence-electron chi connectivity index (χ2n) is 13.8. The molecule has 4 saturated heterocycles. The summed E-state index contributed by atoms with van der Waals surface area (Å²) in [5, 5.41) is 0. The number of alkyl halides is 3. The van der Waals surface area contributed by atoms with E-state index in [1.165, 1.54) is 19.8 Å². The lowest BCUT2D eigenvalue weighted by Gasteiger charge is -2.32. The molecule has 0 unspecified atom stereocenters. The summed E-state index contributed by atoms with van der Waals surface area (Å²) < 4.78 is 96.6. The Hall–Kier alpha value is -1.40. The van der Waals surface area contributed by atoms with Gasteiger partial charge in [0, 0.05) is 13.2 Å². The maximum atomic E-state index is 11.3. The summed E-state index contributed by atoms with van der Waals surface area (Å²) in [5.74, 6) is 1.68. The molecule has 0 amide bonds. The van der Waals surface area contributed by atoms with E-state index < -0.39 is 29.6 Å². The Labute approximate surface area is 288 Å². The number of halogens is 3. The van der Waals surface area contributed by atoms with E-state index in [1.807, 2.05) is 83.1 Å². The Morgan fingerprint density at radius 3 is 1.08 bits per heavy atom. The highest BCUT2D eigenvalue weighted by Gasteiger charge is 2.63. The minimum atomic E-state index is -5.47. The summed E-state index contributed by atoms with van der Waals surface area (Å²) in [5.41, 5.74) is -7.27. The highest BCUT2D eigenvalue weighted by molar-refractivity contribution is 7.87. The highest BCUT2D eigenvalue weighted by Crippen LogP contribution is 2.43. The number of carbonyl (C=O) groups is 1. The van der Waals surface area contributed by atoms with Crippen LogP contribution in [-0.2, 0) is 51.8 Å². The Bertz CT molecular complexity index is 1040. The normalized spacial score (nSPS) is 23.6. The third kappa shape index (κ3) is 13.4. The summed E-state index contributed by atoms with van der Waals surface area (Å²) in [6.45, 7) is 34.0. The van der Waals surface area contributed by atoms with E-state index in [0.717, 1.165) is 19.5 Å². The van der Waals surface area contributed by atoms with E-state index in [2.05, 4.69) is 17.3 Å². The summed E-state index contributed by atoms with van der Waals surface area (Å²) in [7, 11) is -6.67. The fourth-order valence-electron chi connectivity index (χ4n) is 3.64. The van der Waals surface area contributed by atoms with Crippen LogP contribution < -0.4 is 0 Å². The molecule has 0 aromatic rings. The predicted octanol–water partition coefficient (Wildman–Crippen LogP) is 6.69. The molecular formula is C30H58B3F3O11S. The molecule has 0 atom stereocenters. The number of carbonyl (C=O) groups excluding carboxylic acids is 1. The summed E-state index contributed by atoms with van der Waals surface area (Å²) >= 11 is 0. The van der Waals surface area contributed by atoms with Crippen LogP contribution in [0.1, 0.15) is 110 Å². The van der Waals surface area contributed by atoms with Crippen LogP contribution in [0.3, 0.4) is 0 Å². The predicted molar refractivity (Wildman–Crippen MR) is 183 cm³/mol. The van der Waals surface area contributed by atoms with Crippen molar-refractivity contribution in [1.82, 2.24) is 0 Å². The molecule has 4 fully saturated rings. The maximum absolute atomic E-state index is 11.3. The third-order valence-corrected chi connectivity index (χ3v) is 9.49. The molecule has 4 aliphatic rings. The quantitative estimate of drug-likeness (QED) is 0.102. The number of ether oxygens (including phenoxy) is 1. The molecule has 0 aromatic heterocycles. The number of rotatable bonds is 4. The van der Waals surface area contributed by atoms with Gasteiger partial charge in [-0.05, 0) is 103 Å². The summed E-state index contributed by atoms with van der Waals surface area (Å²) in [6, 6.07) is 0. The van der Waals surface area contributed by atoms with Gasteiger partial charge in [0.15, 0.2) is 0 Å². The average molecular weight is 716 g/mol. The van der Waals surface area contributed by atoms with E-state index in [0.29, 0.717) is 0 Å². The van der Waals surface area contributed by atoms with Crippen molar-refractivity contribution < 1.29 is 63.2 Å². The molecule has 4 heterocycles. The van der Waals surface area contributed by atoms with Crippen molar-refractivity contribution in [2.75, 3.05) is 13.2 Å². The smallest absolute Gasteiger partial charge is 0.405 e. The van der Waals surface area contributed by atoms with Crippen molar-refractivity contribution in [1.29, 1.82) is 0 Å². The van der Waals surface area contributed by atoms with Gasteiger partial charge >= 0.3 is 36.8 Å². The molecule has 280 valence electrons. The van der Waals surface area contributed by atoms with Crippen molar-refractivity contribution >= 4 is 37.5 Å². The Morgan fingerprint density at radius 1 is 0.667 bits per heavy atom. The first-order valence-electron chi connectivity index (χ1n) is 15.3. The van der Waals surface area contributed by atoms with Crippen molar-refractivity contribution in [3.8, 4) is 0 Å². The minimum absolute atomic E-state index is 0. The monoisotopic (exact) mass is 716 g/mol. The van der Waals surface area contributed by atoms with Crippen LogP contribution in [0.4, 0.5) is 13.2 Å². The van der Waals surface area contributed by atoms with Gasteiger partial charge in [-0.3, -0.25) is 0 Å². The zero-order chi connectivity index (χ0) is 37.3. The highest BCUT2D eigenvalue weighted by atomic mass is 32.2. The second kappa shape index (κ2) is 18.2. The Balaban J connectivity index is 0. The molecule has 0 saturated carbocycles. The van der Waals surface area contributed by atoms with Gasteiger partial charge in [-0.25, -0.2) is 0 Å². The first kappa shape index (κ1) is 48.7. The lowest BCUT2D eigenvalue weighted by Crippen LogP contribution is -2.41. The number of hydrogen-bond acceptors (Lipinski definition) is 11. The average Bonchev–Trinajstić information content (AvgIpc) is 3.62. The Kier molecular flexibility index (Phi) is 18.5. The zero-order valence-corrected chi connectivity index (χ0v) is 31.1. The minimum Gasteiger partial charge on any atom is -0.405 e. The van der Waals surface area contributed by atoms with Crippen molar-refractivity contribution in [3.05, 3.63) is 25.4 Å². The van der Waals surface area contributed by atoms with Gasteiger partial charge < -0.3 is 41.6 Å². The molecule has 18 heteroatoms. The maximum Gasteiger partial charge on any atom is 0.534 e. The molecule has 11 nitrogen and oxygen atoms in total. The van der Waals surface area contributed by atoms with Crippen LogP contribution in [0.2, 0.25) is 0 Å². The molecule has 48 heavy (non-hydrogen) atoms. The molecule has 0 radical (unpaired) electrons. The number of aldehydes is 1. The van der Waals surface area contributed by atoms with Gasteiger partial charge in [0.1, 0.15) is 6.29 Å². The van der Waals surface area contributed by atoms with Gasteiger partial charge in [0.2, 0.25) is 0 Å². The lowest BCUT2D eigenvalue weighted by molar-refractivity contribution is -0.106. The molecule has 4 rings (SSSR count). The molecule has 4 aliphatic heterocycles. The van der Waals surface area contributed by atoms with Crippen LogP contribution in [0.15, 0.2) is 25.4 Å². The van der Waals surface area contributed by atoms with Crippen LogP contribution in [0.5, 0.6) is 0 Å². The van der Waals surface area contributed by atoms with Gasteiger partial charge in [0.25, 0.3) is 0 Å². The van der Waals surface area contributed by atoms with Crippen LogP contribution in [0, 0.1) is 0 Å². The molecule has 0 bridgehead atoms. The Morgan fingerprint density at radius 2 is 0.938 bits per heavy atom. The standard InChI is InChI=1S/C12H24B2O4.C8H15BO2.C4H8O.C3H3F3O3S.C2H4O.CH4/c1-9(2)10(3,4)16-13(15-9)14-17-11(5,6)12(7,8)18-14;1-6-9-10-7(2,3)8(4,5)11-9;1-2-4-5-3-1;1-2-9-10(7,8)3(4,5)6;1-2-3;/h1-8H3;6H,1H2,2-5H3;1-4H2;2H,1H2;2H,1H3;1H4. The van der Waals surface area contributed by atoms with E-state index in [-0.39, 0.29) is 54.4 Å². The van der Waals surface area contributed by atoms with E-state index in [1.54, 1.807) is 5.98 Å². The second-order valence-corrected chi connectivity index (χ2v) is 15.4. The first-order chi connectivity index (χ1) is 21.0. The van der Waals surface area contributed by atoms with Crippen molar-refractivity contribution in [2.24, 2.45) is 0 Å². The molecular weight excluding hydrogens is 658 g/mol. The first-order valence-corrected chi connectivity index (χ1v) is 16.7. The summed E-state index contributed by atoms with van der Waals surface area (Å²) in [6.07, 6.45) is 3.50. The molecule has 0 aromatic carbocycles. The molecule has 0 N–H and O–H groups in total. The fraction of sp³-hybridized carbons (Fsp3) is 0.833. The molecule has 0 spiro atoms. The van der Waals surface area contributed by atoms with E-state index in [4.69, 9.17) is 37.5 Å². The van der Waals surface area contributed by atoms with Crippen LogP contribution in [0.25, 0.3) is 0 Å². The van der Waals surface area contributed by atoms with E-state index >= 15 is 0 Å². The third-order valence-electron chi connectivity index (χ3n) is 8.53. The van der Waals surface area contributed by atoms with Gasteiger partial charge in [-0.15, -0.1) is 6.58 Å². The van der Waals surface area contributed by atoms with Crippen molar-refractivity contribution in [2.45, 2.75) is 149 Å². The number of hydrogen-bond donors (Lipinski definition) is 0. The summed E-state index contributed by atoms with van der Waals surface area (Å²) in [4.78, 5) is 8.81. The molecule has 0 aliphatic carbocycles. The SMILES string of the molecule is C.C1CCOC1.C=CB1OC(C)(C)C(C)(C)O1.C=COS(=O)(=O)C(F)(F)F.CC1(C)OB(B2OC(C)(C)C(C)(C)O2)OC1(C)C.CC=O. The van der Waals surface area contributed by atoms with Gasteiger partial charge in [-0.1, -0.05) is 20.0 Å². The zero-order valence-electron chi connectivity index (χ0n) is 30.2. The van der Waals surface area contributed by atoms with Crippen LogP contribution in [-0.4, -0.2) is 88.2 Å².